The van der Waals surface area contributed by atoms with Crippen molar-refractivity contribution < 1.29 is 17.6 Å². The third kappa shape index (κ3) is 5.14. The van der Waals surface area contributed by atoms with Gasteiger partial charge < -0.3 is 5.32 Å². The van der Waals surface area contributed by atoms with Crippen LogP contribution in [0.15, 0.2) is 53.7 Å². The first-order chi connectivity index (χ1) is 13.5. The van der Waals surface area contributed by atoms with Gasteiger partial charge in [-0.3, -0.25) is 9.78 Å². The molecule has 1 unspecified atom stereocenters. The quantitative estimate of drug-likeness (QED) is 0.768. The molecular formula is C20H24FN3O3S. The van der Waals surface area contributed by atoms with E-state index in [1.807, 2.05) is 12.1 Å². The Morgan fingerprint density at radius 1 is 1.25 bits per heavy atom. The molecule has 2 heterocycles. The zero-order valence-corrected chi connectivity index (χ0v) is 16.4. The Morgan fingerprint density at radius 2 is 2.07 bits per heavy atom. The van der Waals surface area contributed by atoms with E-state index in [2.05, 4.69) is 10.3 Å². The Hall–Kier alpha value is -2.32. The van der Waals surface area contributed by atoms with E-state index in [9.17, 15) is 17.6 Å². The van der Waals surface area contributed by atoms with E-state index in [1.165, 1.54) is 22.5 Å². The predicted octanol–water partition coefficient (Wildman–Crippen LogP) is 2.72. The van der Waals surface area contributed by atoms with Gasteiger partial charge in [-0.05, 0) is 48.9 Å². The van der Waals surface area contributed by atoms with Crippen molar-refractivity contribution >= 4 is 15.9 Å². The lowest BCUT2D eigenvalue weighted by molar-refractivity contribution is -0.121. The topological polar surface area (TPSA) is 79.4 Å². The van der Waals surface area contributed by atoms with Crippen LogP contribution in [-0.2, 0) is 21.4 Å². The Labute approximate surface area is 164 Å². The van der Waals surface area contributed by atoms with Gasteiger partial charge in [-0.2, -0.15) is 4.31 Å². The minimum Gasteiger partial charge on any atom is -0.352 e. The first kappa shape index (κ1) is 20.4. The summed E-state index contributed by atoms with van der Waals surface area (Å²) >= 11 is 0. The molecule has 1 saturated heterocycles. The Balaban J connectivity index is 1.52. The molecule has 0 radical (unpaired) electrons. The van der Waals surface area contributed by atoms with Crippen molar-refractivity contribution in [2.45, 2.75) is 37.1 Å². The van der Waals surface area contributed by atoms with Gasteiger partial charge in [0.2, 0.25) is 15.9 Å². The summed E-state index contributed by atoms with van der Waals surface area (Å²) < 4.78 is 40.8. The standard InChI is InChI=1S/C20H24FN3O3S/c21-18-7-1-2-8-19(18)28(26,27)24-12-4-6-16(15-24)9-10-20(25)23-14-17-5-3-11-22-13-17/h1-3,5,7-8,11,13,16H,4,6,9-10,12,14-15H2,(H,23,25). The number of benzene rings is 1. The number of halogens is 1. The van der Waals surface area contributed by atoms with Crippen LogP contribution in [0.25, 0.3) is 0 Å². The number of nitrogens with zero attached hydrogens (tertiary/aromatic N) is 2. The van der Waals surface area contributed by atoms with E-state index in [-0.39, 0.29) is 16.7 Å². The summed E-state index contributed by atoms with van der Waals surface area (Å²) in [4.78, 5) is 15.8. The lowest BCUT2D eigenvalue weighted by Gasteiger charge is -2.32. The molecule has 1 fully saturated rings. The third-order valence-corrected chi connectivity index (χ3v) is 6.83. The van der Waals surface area contributed by atoms with Crippen molar-refractivity contribution in [1.29, 1.82) is 0 Å². The fourth-order valence-corrected chi connectivity index (χ4v) is 5.02. The van der Waals surface area contributed by atoms with E-state index < -0.39 is 15.8 Å². The smallest absolute Gasteiger partial charge is 0.245 e. The van der Waals surface area contributed by atoms with Crippen LogP contribution in [0.4, 0.5) is 4.39 Å². The molecular weight excluding hydrogens is 381 g/mol. The van der Waals surface area contributed by atoms with E-state index in [0.29, 0.717) is 38.9 Å². The zero-order valence-electron chi connectivity index (χ0n) is 15.6. The highest BCUT2D eigenvalue weighted by Gasteiger charge is 2.31. The molecule has 2 aromatic rings. The summed E-state index contributed by atoms with van der Waals surface area (Å²) in [5.74, 6) is -0.725. The van der Waals surface area contributed by atoms with Gasteiger partial charge in [0.25, 0.3) is 0 Å². The highest BCUT2D eigenvalue weighted by molar-refractivity contribution is 7.89. The van der Waals surface area contributed by atoms with Crippen LogP contribution in [0.3, 0.4) is 0 Å². The molecule has 3 rings (SSSR count). The second kappa shape index (κ2) is 9.25. The monoisotopic (exact) mass is 405 g/mol. The minimum atomic E-state index is -3.86. The van der Waals surface area contributed by atoms with Crippen molar-refractivity contribution in [3.63, 3.8) is 0 Å². The molecule has 0 aliphatic carbocycles. The molecule has 1 N–H and O–H groups in total. The molecule has 0 bridgehead atoms. The molecule has 1 aliphatic heterocycles. The molecule has 8 heteroatoms. The molecule has 150 valence electrons. The number of nitrogens with one attached hydrogen (secondary N) is 1. The van der Waals surface area contributed by atoms with Gasteiger partial charge in [0.05, 0.1) is 0 Å². The third-order valence-electron chi connectivity index (χ3n) is 4.93. The maximum atomic E-state index is 14.0. The van der Waals surface area contributed by atoms with Gasteiger partial charge in [0, 0.05) is 38.4 Å². The van der Waals surface area contributed by atoms with Gasteiger partial charge in [0.15, 0.2) is 0 Å². The highest BCUT2D eigenvalue weighted by atomic mass is 32.2. The van der Waals surface area contributed by atoms with Gasteiger partial charge in [0.1, 0.15) is 10.7 Å². The number of sulfonamides is 1. The Bertz CT molecular complexity index is 906. The van der Waals surface area contributed by atoms with Crippen molar-refractivity contribution in [1.82, 2.24) is 14.6 Å². The summed E-state index contributed by atoms with van der Waals surface area (Å²) in [7, 11) is -3.86. The number of aromatic nitrogens is 1. The van der Waals surface area contributed by atoms with E-state index in [0.717, 1.165) is 18.1 Å². The molecule has 1 atom stereocenters. The maximum absolute atomic E-state index is 14.0. The average Bonchev–Trinajstić information content (AvgIpc) is 2.72. The average molecular weight is 405 g/mol. The second-order valence-corrected chi connectivity index (χ2v) is 8.88. The first-order valence-electron chi connectivity index (χ1n) is 9.37. The number of hydrogen-bond acceptors (Lipinski definition) is 4. The summed E-state index contributed by atoms with van der Waals surface area (Å²) in [6.45, 7) is 1.11. The van der Waals surface area contributed by atoms with E-state index in [4.69, 9.17) is 0 Å². The van der Waals surface area contributed by atoms with Crippen LogP contribution in [0.1, 0.15) is 31.2 Å². The van der Waals surface area contributed by atoms with Crippen molar-refractivity contribution in [2.75, 3.05) is 13.1 Å². The molecule has 1 aliphatic rings. The number of carbonyl (C=O) groups excluding carboxylic acids is 1. The number of rotatable bonds is 7. The number of piperidine rings is 1. The van der Waals surface area contributed by atoms with Gasteiger partial charge in [-0.15, -0.1) is 0 Å². The number of hydrogen-bond donors (Lipinski definition) is 1. The molecule has 1 amide bonds. The number of amides is 1. The largest absolute Gasteiger partial charge is 0.352 e. The van der Waals surface area contributed by atoms with Crippen LogP contribution in [0.5, 0.6) is 0 Å². The summed E-state index contributed by atoms with van der Waals surface area (Å²) in [5.41, 5.74) is 0.927. The van der Waals surface area contributed by atoms with Crippen LogP contribution < -0.4 is 5.32 Å². The van der Waals surface area contributed by atoms with Crippen molar-refractivity contribution in [3.05, 3.63) is 60.2 Å². The molecule has 1 aromatic carbocycles. The molecule has 28 heavy (non-hydrogen) atoms. The van der Waals surface area contributed by atoms with Crippen LogP contribution in [-0.4, -0.2) is 36.7 Å². The first-order valence-corrected chi connectivity index (χ1v) is 10.8. The zero-order chi connectivity index (χ0) is 20.0. The number of carbonyl (C=O) groups is 1. The normalized spacial score (nSPS) is 18.0. The molecule has 0 saturated carbocycles. The minimum absolute atomic E-state index is 0.0714. The van der Waals surface area contributed by atoms with Gasteiger partial charge >= 0.3 is 0 Å². The molecule has 0 spiro atoms. The lowest BCUT2D eigenvalue weighted by atomic mass is 9.94. The lowest BCUT2D eigenvalue weighted by Crippen LogP contribution is -2.40. The Kier molecular flexibility index (Phi) is 6.74. The molecule has 1 aromatic heterocycles. The fourth-order valence-electron chi connectivity index (χ4n) is 3.40. The fraction of sp³-hybridized carbons (Fsp3) is 0.400. The Morgan fingerprint density at radius 3 is 2.82 bits per heavy atom. The summed E-state index contributed by atoms with van der Waals surface area (Å²) in [5, 5.41) is 2.85. The van der Waals surface area contributed by atoms with Crippen LogP contribution in [0, 0.1) is 11.7 Å². The van der Waals surface area contributed by atoms with E-state index >= 15 is 0 Å². The predicted molar refractivity (Wildman–Crippen MR) is 103 cm³/mol. The number of pyridine rings is 1. The van der Waals surface area contributed by atoms with Gasteiger partial charge in [-0.1, -0.05) is 18.2 Å². The van der Waals surface area contributed by atoms with Crippen molar-refractivity contribution in [3.8, 4) is 0 Å². The van der Waals surface area contributed by atoms with Crippen molar-refractivity contribution in [2.24, 2.45) is 5.92 Å². The second-order valence-electron chi connectivity index (χ2n) is 6.98. The SMILES string of the molecule is O=C(CCC1CCCN(S(=O)(=O)c2ccccc2F)C1)NCc1cccnc1. The van der Waals surface area contributed by atoms with Gasteiger partial charge in [-0.25, -0.2) is 12.8 Å². The maximum Gasteiger partial charge on any atom is 0.245 e. The van der Waals surface area contributed by atoms with Crippen LogP contribution in [0.2, 0.25) is 0 Å². The highest BCUT2D eigenvalue weighted by Crippen LogP contribution is 2.27. The van der Waals surface area contributed by atoms with E-state index in [1.54, 1.807) is 12.4 Å². The summed E-state index contributed by atoms with van der Waals surface area (Å²) in [6, 6.07) is 9.14. The summed E-state index contributed by atoms with van der Waals surface area (Å²) in [6.07, 6.45) is 5.87. The van der Waals surface area contributed by atoms with Crippen LogP contribution >= 0.6 is 0 Å². The molecule has 6 nitrogen and oxygen atoms in total.